The van der Waals surface area contributed by atoms with E-state index < -0.39 is 0 Å². The summed E-state index contributed by atoms with van der Waals surface area (Å²) in [6, 6.07) is 1.82. The molecular weight excluding hydrogens is 270 g/mol. The normalized spacial score (nSPS) is 10.1. The molecule has 21 heavy (non-hydrogen) atoms. The van der Waals surface area contributed by atoms with Crippen molar-refractivity contribution in [3.63, 3.8) is 0 Å². The first kappa shape index (κ1) is 16.9. The van der Waals surface area contributed by atoms with E-state index in [1.165, 1.54) is 0 Å². The van der Waals surface area contributed by atoms with E-state index >= 15 is 0 Å². The van der Waals surface area contributed by atoms with Crippen LogP contribution in [0, 0.1) is 6.92 Å². The number of hydrogen-bond donors (Lipinski definition) is 2. The zero-order valence-corrected chi connectivity index (χ0v) is 13.1. The highest BCUT2D eigenvalue weighted by atomic mass is 16.2. The van der Waals surface area contributed by atoms with Gasteiger partial charge in [-0.25, -0.2) is 9.97 Å². The Morgan fingerprint density at radius 1 is 1.19 bits per heavy atom. The number of hydrogen-bond acceptors (Lipinski definition) is 5. The van der Waals surface area contributed by atoms with Gasteiger partial charge >= 0.3 is 0 Å². The monoisotopic (exact) mass is 293 g/mol. The van der Waals surface area contributed by atoms with Crippen LogP contribution < -0.4 is 15.5 Å². The van der Waals surface area contributed by atoms with Crippen molar-refractivity contribution >= 4 is 17.8 Å². The van der Waals surface area contributed by atoms with Crippen LogP contribution in [0.4, 0.5) is 5.95 Å². The average Bonchev–Trinajstić information content (AvgIpc) is 2.42. The highest BCUT2D eigenvalue weighted by Crippen LogP contribution is 2.07. The molecule has 0 radical (unpaired) electrons. The van der Waals surface area contributed by atoms with Gasteiger partial charge in [0.15, 0.2) is 0 Å². The van der Waals surface area contributed by atoms with E-state index in [0.29, 0.717) is 18.9 Å². The molecule has 0 aromatic carbocycles. The van der Waals surface area contributed by atoms with Gasteiger partial charge in [-0.3, -0.25) is 9.59 Å². The van der Waals surface area contributed by atoms with Crippen LogP contribution in [0.5, 0.6) is 0 Å². The lowest BCUT2D eigenvalue weighted by atomic mass is 10.3. The Labute approximate surface area is 125 Å². The average molecular weight is 293 g/mol. The highest BCUT2D eigenvalue weighted by Gasteiger charge is 2.07. The third-order valence-electron chi connectivity index (χ3n) is 2.69. The Morgan fingerprint density at radius 2 is 1.90 bits per heavy atom. The van der Waals surface area contributed by atoms with Gasteiger partial charge < -0.3 is 15.5 Å². The number of aromatic nitrogens is 2. The summed E-state index contributed by atoms with van der Waals surface area (Å²) in [6.45, 7) is 4.10. The van der Waals surface area contributed by atoms with E-state index in [-0.39, 0.29) is 18.4 Å². The van der Waals surface area contributed by atoms with Gasteiger partial charge in [0.2, 0.25) is 17.8 Å². The minimum Gasteiger partial charge on any atom is -0.349 e. The Balaban J connectivity index is 2.47. The molecule has 0 spiro atoms. The van der Waals surface area contributed by atoms with E-state index in [4.69, 9.17) is 0 Å². The van der Waals surface area contributed by atoms with Gasteiger partial charge in [0.25, 0.3) is 0 Å². The van der Waals surface area contributed by atoms with Crippen LogP contribution in [0.25, 0.3) is 0 Å². The number of nitrogens with one attached hydrogen (secondary N) is 2. The van der Waals surface area contributed by atoms with Crippen LogP contribution in [0.15, 0.2) is 6.07 Å². The summed E-state index contributed by atoms with van der Waals surface area (Å²) in [7, 11) is 3.72. The minimum absolute atomic E-state index is 0.0105. The molecule has 1 aromatic heterocycles. The van der Waals surface area contributed by atoms with E-state index in [2.05, 4.69) is 20.6 Å². The largest absolute Gasteiger partial charge is 0.349 e. The summed E-state index contributed by atoms with van der Waals surface area (Å²) >= 11 is 0. The Kier molecular flexibility index (Phi) is 6.58. The summed E-state index contributed by atoms with van der Waals surface area (Å²) in [6.07, 6.45) is 1.20. The van der Waals surface area contributed by atoms with Gasteiger partial charge in [-0.05, 0) is 19.4 Å². The molecule has 0 unspecified atom stereocenters. The third-order valence-corrected chi connectivity index (χ3v) is 2.69. The smallest absolute Gasteiger partial charge is 0.239 e. The molecule has 2 N–H and O–H groups in total. The lowest BCUT2D eigenvalue weighted by molar-refractivity contribution is -0.126. The molecule has 1 heterocycles. The lowest BCUT2D eigenvalue weighted by Gasteiger charge is -2.12. The summed E-state index contributed by atoms with van der Waals surface area (Å²) in [4.78, 5) is 33.4. The molecule has 0 saturated heterocycles. The predicted octanol–water partition coefficient (Wildman–Crippen LogP) is 0.384. The molecule has 0 aliphatic heterocycles. The molecule has 7 nitrogen and oxygen atoms in total. The second-order valence-electron chi connectivity index (χ2n) is 5.00. The molecule has 0 aliphatic carbocycles. The van der Waals surface area contributed by atoms with Crippen LogP contribution in [-0.4, -0.2) is 42.4 Å². The Hall–Kier alpha value is -2.18. The second kappa shape index (κ2) is 8.18. The lowest BCUT2D eigenvalue weighted by Crippen LogP contribution is -2.36. The highest BCUT2D eigenvalue weighted by molar-refractivity contribution is 5.84. The molecule has 7 heteroatoms. The quantitative estimate of drug-likeness (QED) is 0.759. The Bertz CT molecular complexity index is 502. The molecule has 1 rings (SSSR count). The first-order chi connectivity index (χ1) is 9.92. The molecule has 0 fully saturated rings. The topological polar surface area (TPSA) is 87.2 Å². The third kappa shape index (κ3) is 6.20. The molecule has 2 amide bonds. The number of nitrogens with zero attached hydrogens (tertiary/aromatic N) is 3. The molecule has 116 valence electrons. The van der Waals surface area contributed by atoms with Crippen molar-refractivity contribution in [3.8, 4) is 0 Å². The van der Waals surface area contributed by atoms with E-state index in [0.717, 1.165) is 17.8 Å². The fourth-order valence-electron chi connectivity index (χ4n) is 1.65. The van der Waals surface area contributed by atoms with Crippen LogP contribution >= 0.6 is 0 Å². The molecular formula is C14H23N5O2. The van der Waals surface area contributed by atoms with Crippen LogP contribution in [-0.2, 0) is 16.1 Å². The van der Waals surface area contributed by atoms with Crippen molar-refractivity contribution in [2.75, 3.05) is 25.5 Å². The number of amides is 2. The maximum Gasteiger partial charge on any atom is 0.239 e. The first-order valence-electron chi connectivity index (χ1n) is 6.97. The SMILES string of the molecule is CCCC(=O)NCC(=O)NCc1cc(C)nc(N(C)C)n1. The molecule has 1 aromatic rings. The zero-order chi connectivity index (χ0) is 15.8. The van der Waals surface area contributed by atoms with Crippen LogP contribution in [0.2, 0.25) is 0 Å². The van der Waals surface area contributed by atoms with Crippen molar-refractivity contribution in [2.45, 2.75) is 33.2 Å². The number of aryl methyl sites for hydroxylation is 1. The number of rotatable bonds is 7. The van der Waals surface area contributed by atoms with Crippen LogP contribution in [0.1, 0.15) is 31.2 Å². The summed E-state index contributed by atoms with van der Waals surface area (Å²) in [5, 5.41) is 5.30. The van der Waals surface area contributed by atoms with Crippen molar-refractivity contribution in [3.05, 3.63) is 17.5 Å². The van der Waals surface area contributed by atoms with Gasteiger partial charge in [-0.15, -0.1) is 0 Å². The van der Waals surface area contributed by atoms with Crippen molar-refractivity contribution in [1.82, 2.24) is 20.6 Å². The van der Waals surface area contributed by atoms with Gasteiger partial charge in [0.1, 0.15) is 0 Å². The van der Waals surface area contributed by atoms with Crippen molar-refractivity contribution in [2.24, 2.45) is 0 Å². The van der Waals surface area contributed by atoms with E-state index in [9.17, 15) is 9.59 Å². The summed E-state index contributed by atoms with van der Waals surface area (Å²) in [5.41, 5.74) is 1.58. The number of carbonyl (C=O) groups is 2. The first-order valence-corrected chi connectivity index (χ1v) is 6.97. The van der Waals surface area contributed by atoms with Gasteiger partial charge in [0.05, 0.1) is 18.8 Å². The number of carbonyl (C=O) groups excluding carboxylic acids is 2. The molecule has 0 bridgehead atoms. The minimum atomic E-state index is -0.234. The molecule has 0 atom stereocenters. The zero-order valence-electron chi connectivity index (χ0n) is 13.1. The standard InChI is InChI=1S/C14H23N5O2/c1-5-6-12(20)16-9-13(21)15-8-11-7-10(2)17-14(18-11)19(3)4/h7H,5-6,8-9H2,1-4H3,(H,15,21)(H,16,20). The Morgan fingerprint density at radius 3 is 2.52 bits per heavy atom. The van der Waals surface area contributed by atoms with Gasteiger partial charge in [-0.2, -0.15) is 0 Å². The fourth-order valence-corrected chi connectivity index (χ4v) is 1.65. The van der Waals surface area contributed by atoms with Gasteiger partial charge in [0, 0.05) is 26.2 Å². The van der Waals surface area contributed by atoms with E-state index in [1.807, 2.05) is 38.9 Å². The van der Waals surface area contributed by atoms with Crippen molar-refractivity contribution in [1.29, 1.82) is 0 Å². The summed E-state index contributed by atoms with van der Waals surface area (Å²) in [5.74, 6) is 0.262. The maximum atomic E-state index is 11.6. The molecule has 0 saturated carbocycles. The maximum absolute atomic E-state index is 11.6. The summed E-state index contributed by atoms with van der Waals surface area (Å²) < 4.78 is 0. The van der Waals surface area contributed by atoms with Crippen molar-refractivity contribution < 1.29 is 9.59 Å². The second-order valence-corrected chi connectivity index (χ2v) is 5.00. The van der Waals surface area contributed by atoms with E-state index in [1.54, 1.807) is 0 Å². The van der Waals surface area contributed by atoms with Gasteiger partial charge in [-0.1, -0.05) is 6.92 Å². The number of anilines is 1. The molecule has 0 aliphatic rings. The van der Waals surface area contributed by atoms with Crippen LogP contribution in [0.3, 0.4) is 0 Å². The fraction of sp³-hybridized carbons (Fsp3) is 0.571. The predicted molar refractivity (Wildman–Crippen MR) is 80.9 cm³/mol.